The average Bonchev–Trinajstić information content (AvgIpc) is 3.07. The summed E-state index contributed by atoms with van der Waals surface area (Å²) in [5.41, 5.74) is 0.951. The van der Waals surface area contributed by atoms with Crippen molar-refractivity contribution in [3.05, 3.63) is 17.8 Å². The van der Waals surface area contributed by atoms with E-state index in [0.717, 1.165) is 31.2 Å². The lowest BCUT2D eigenvalue weighted by molar-refractivity contribution is -0.124. The van der Waals surface area contributed by atoms with E-state index in [2.05, 4.69) is 27.9 Å². The minimum absolute atomic E-state index is 0.0228. The van der Waals surface area contributed by atoms with Gasteiger partial charge in [0.15, 0.2) is 0 Å². The molecule has 3 N–H and O–H groups in total. The first-order valence-corrected chi connectivity index (χ1v) is 12.4. The second-order valence-corrected chi connectivity index (χ2v) is 10.4. The van der Waals surface area contributed by atoms with Crippen LogP contribution in [0.2, 0.25) is 0 Å². The van der Waals surface area contributed by atoms with Gasteiger partial charge in [0.05, 0.1) is 11.1 Å². The molecule has 1 aromatic rings. The third-order valence-corrected chi connectivity index (χ3v) is 7.89. The zero-order valence-electron chi connectivity index (χ0n) is 20.6. The van der Waals surface area contributed by atoms with Crippen molar-refractivity contribution in [2.24, 2.45) is 11.8 Å². The Morgan fingerprint density at radius 2 is 1.88 bits per heavy atom. The van der Waals surface area contributed by atoms with E-state index < -0.39 is 11.5 Å². The number of aromatic nitrogens is 1. The predicted octanol–water partition coefficient (Wildman–Crippen LogP) is 3.27. The van der Waals surface area contributed by atoms with Gasteiger partial charge in [0.2, 0.25) is 11.8 Å². The summed E-state index contributed by atoms with van der Waals surface area (Å²) in [5, 5.41) is 8.84. The van der Waals surface area contributed by atoms with Gasteiger partial charge in [-0.15, -0.1) is 0 Å². The van der Waals surface area contributed by atoms with E-state index in [9.17, 15) is 14.4 Å². The fraction of sp³-hybridized carbons (Fsp3) is 0.680. The molecule has 4 rings (SSSR count). The summed E-state index contributed by atoms with van der Waals surface area (Å²) < 4.78 is 5.45. The monoisotopic (exact) mass is 471 g/mol. The van der Waals surface area contributed by atoms with Crippen molar-refractivity contribution < 1.29 is 19.1 Å². The zero-order valence-corrected chi connectivity index (χ0v) is 20.6. The van der Waals surface area contributed by atoms with E-state index in [0.29, 0.717) is 43.5 Å². The Bertz CT molecular complexity index is 935. The fourth-order valence-corrected chi connectivity index (χ4v) is 5.28. The molecule has 9 heteroatoms. The van der Waals surface area contributed by atoms with Crippen LogP contribution < -0.4 is 16.0 Å². The molecule has 1 spiro atoms. The first-order chi connectivity index (χ1) is 16.2. The van der Waals surface area contributed by atoms with E-state index in [-0.39, 0.29) is 29.8 Å². The SMILES string of the molecule is CC1CCC(C(NC(=O)N(C)C(C)C)C(=O)Nc2cc3c(cn2)C2(CCOCC2)C(=O)N3)CC1. The molecule has 4 amide bonds. The molecule has 1 unspecified atom stereocenters. The number of nitrogens with zero attached hydrogens (tertiary/aromatic N) is 2. The van der Waals surface area contributed by atoms with Gasteiger partial charge in [-0.2, -0.15) is 0 Å². The first kappa shape index (κ1) is 24.4. The van der Waals surface area contributed by atoms with Gasteiger partial charge in [0.1, 0.15) is 11.9 Å². The van der Waals surface area contributed by atoms with Crippen molar-refractivity contribution in [1.29, 1.82) is 0 Å². The summed E-state index contributed by atoms with van der Waals surface area (Å²) in [4.78, 5) is 45.0. The van der Waals surface area contributed by atoms with Gasteiger partial charge < -0.3 is 25.6 Å². The van der Waals surface area contributed by atoms with Crippen LogP contribution in [0.15, 0.2) is 12.3 Å². The number of pyridine rings is 1. The summed E-state index contributed by atoms with van der Waals surface area (Å²) in [6, 6.07) is 0.837. The average molecular weight is 472 g/mol. The van der Waals surface area contributed by atoms with Crippen LogP contribution in [0.1, 0.15) is 64.9 Å². The molecule has 34 heavy (non-hydrogen) atoms. The molecule has 186 valence electrons. The highest BCUT2D eigenvalue weighted by atomic mass is 16.5. The van der Waals surface area contributed by atoms with Gasteiger partial charge in [-0.3, -0.25) is 9.59 Å². The normalized spacial score (nSPS) is 24.3. The maximum absolute atomic E-state index is 13.4. The summed E-state index contributed by atoms with van der Waals surface area (Å²) in [6.45, 7) is 7.18. The van der Waals surface area contributed by atoms with E-state index in [1.165, 1.54) is 0 Å². The van der Waals surface area contributed by atoms with Gasteiger partial charge in [0, 0.05) is 44.1 Å². The molecule has 2 fully saturated rings. The van der Waals surface area contributed by atoms with Crippen molar-refractivity contribution in [2.75, 3.05) is 30.9 Å². The number of fused-ring (bicyclic) bond motifs is 2. The smallest absolute Gasteiger partial charge is 0.318 e. The fourth-order valence-electron chi connectivity index (χ4n) is 5.28. The Morgan fingerprint density at radius 3 is 2.53 bits per heavy atom. The Balaban J connectivity index is 1.51. The van der Waals surface area contributed by atoms with Crippen molar-refractivity contribution in [3.8, 4) is 0 Å². The van der Waals surface area contributed by atoms with Crippen LogP contribution in [0.4, 0.5) is 16.3 Å². The number of carbonyl (C=O) groups excluding carboxylic acids is 3. The predicted molar refractivity (Wildman–Crippen MR) is 130 cm³/mol. The van der Waals surface area contributed by atoms with Crippen LogP contribution in [0, 0.1) is 11.8 Å². The van der Waals surface area contributed by atoms with Gasteiger partial charge >= 0.3 is 6.03 Å². The molecule has 0 radical (unpaired) electrons. The highest BCUT2D eigenvalue weighted by molar-refractivity contribution is 6.07. The lowest BCUT2D eigenvalue weighted by Crippen LogP contribution is -2.53. The number of amides is 4. The highest BCUT2D eigenvalue weighted by Gasteiger charge is 2.48. The Hall–Kier alpha value is -2.68. The largest absolute Gasteiger partial charge is 0.381 e. The number of nitrogens with one attached hydrogen (secondary N) is 3. The summed E-state index contributed by atoms with van der Waals surface area (Å²) in [5.74, 6) is 0.763. The molecule has 1 aromatic heterocycles. The maximum atomic E-state index is 13.4. The lowest BCUT2D eigenvalue weighted by Gasteiger charge is -2.34. The number of ether oxygens (including phenoxy) is 1. The third kappa shape index (κ3) is 4.76. The Labute approximate surface area is 201 Å². The molecule has 1 saturated heterocycles. The quantitative estimate of drug-likeness (QED) is 0.610. The van der Waals surface area contributed by atoms with Gasteiger partial charge in [-0.1, -0.05) is 19.8 Å². The summed E-state index contributed by atoms with van der Waals surface area (Å²) in [7, 11) is 1.73. The third-order valence-electron chi connectivity index (χ3n) is 7.89. The zero-order chi connectivity index (χ0) is 24.5. The van der Waals surface area contributed by atoms with Crippen LogP contribution in [0.25, 0.3) is 0 Å². The molecule has 0 aromatic carbocycles. The summed E-state index contributed by atoms with van der Waals surface area (Å²) in [6.07, 6.45) is 6.80. The van der Waals surface area contributed by atoms with Crippen LogP contribution >= 0.6 is 0 Å². The van der Waals surface area contributed by atoms with Crippen molar-refractivity contribution in [2.45, 2.75) is 76.8 Å². The minimum Gasteiger partial charge on any atom is -0.381 e. The summed E-state index contributed by atoms with van der Waals surface area (Å²) >= 11 is 0. The van der Waals surface area contributed by atoms with E-state index in [1.807, 2.05) is 13.8 Å². The van der Waals surface area contributed by atoms with Gasteiger partial charge in [-0.25, -0.2) is 9.78 Å². The lowest BCUT2D eigenvalue weighted by atomic mass is 9.76. The molecule has 9 nitrogen and oxygen atoms in total. The van der Waals surface area contributed by atoms with Crippen molar-refractivity contribution in [1.82, 2.24) is 15.2 Å². The highest BCUT2D eigenvalue weighted by Crippen LogP contribution is 2.44. The van der Waals surface area contributed by atoms with Crippen molar-refractivity contribution in [3.63, 3.8) is 0 Å². The number of urea groups is 1. The molecule has 2 aliphatic heterocycles. The standard InChI is InChI=1S/C25H37N5O4/c1-15(2)30(4)24(33)29-21(17-7-5-16(3)6-8-17)22(31)28-20-13-19-18(14-26-20)25(23(32)27-19)9-11-34-12-10-25/h13-17,21H,5-12H2,1-4H3,(H,27,32)(H,29,33)(H,26,28,31). The number of carbonyl (C=O) groups is 3. The van der Waals surface area contributed by atoms with E-state index in [4.69, 9.17) is 4.74 Å². The molecule has 1 atom stereocenters. The molecular formula is C25H37N5O4. The molecule has 3 aliphatic rings. The van der Waals surface area contributed by atoms with Crippen LogP contribution in [-0.2, 0) is 19.7 Å². The second-order valence-electron chi connectivity index (χ2n) is 10.4. The second kappa shape index (κ2) is 9.90. The Morgan fingerprint density at radius 1 is 1.21 bits per heavy atom. The Kier molecular flexibility index (Phi) is 7.12. The maximum Gasteiger partial charge on any atom is 0.318 e. The van der Waals surface area contributed by atoms with E-state index in [1.54, 1.807) is 24.2 Å². The van der Waals surface area contributed by atoms with Gasteiger partial charge in [-0.05, 0) is 51.4 Å². The number of hydrogen-bond donors (Lipinski definition) is 3. The van der Waals surface area contributed by atoms with Crippen LogP contribution in [-0.4, -0.2) is 60.1 Å². The topological polar surface area (TPSA) is 113 Å². The molecule has 0 bridgehead atoms. The van der Waals surface area contributed by atoms with Crippen LogP contribution in [0.3, 0.4) is 0 Å². The molecule has 1 saturated carbocycles. The van der Waals surface area contributed by atoms with Gasteiger partial charge in [0.25, 0.3) is 0 Å². The van der Waals surface area contributed by atoms with E-state index >= 15 is 0 Å². The van der Waals surface area contributed by atoms with Crippen molar-refractivity contribution >= 4 is 29.4 Å². The molecular weight excluding hydrogens is 434 g/mol. The first-order valence-electron chi connectivity index (χ1n) is 12.4. The molecule has 1 aliphatic carbocycles. The molecule has 3 heterocycles. The minimum atomic E-state index is -0.646. The number of rotatable bonds is 5. The number of hydrogen-bond acceptors (Lipinski definition) is 5. The number of anilines is 2. The van der Waals surface area contributed by atoms with Crippen LogP contribution in [0.5, 0.6) is 0 Å².